The lowest BCUT2D eigenvalue weighted by molar-refractivity contribution is -0.574. The molecule has 0 aliphatic heterocycles. The van der Waals surface area contributed by atoms with E-state index in [0.717, 1.165) is 11.2 Å². The summed E-state index contributed by atoms with van der Waals surface area (Å²) in [6.45, 7) is 0. The molecule has 80 valence electrons. The summed E-state index contributed by atoms with van der Waals surface area (Å²) >= 11 is 0. The van der Waals surface area contributed by atoms with Crippen LogP contribution in [-0.2, 0) is 0 Å². The number of aromatic nitrogens is 5. The maximum Gasteiger partial charge on any atom is 0.353 e. The summed E-state index contributed by atoms with van der Waals surface area (Å²) in [6.07, 6.45) is 5.36. The van der Waals surface area contributed by atoms with E-state index in [2.05, 4.69) is 20.3 Å². The number of imidazole rings is 1. The van der Waals surface area contributed by atoms with E-state index >= 15 is 0 Å². The molecule has 0 atom stereocenters. The standard InChI is InChI=1S/C9H7N5O2/c15-9(16)7-3-6(12-13-7)5-4-11-14-2-1-10-8(5)14/h1-4H,(H3,10,11,12,13,15,16)/p+1. The van der Waals surface area contributed by atoms with Gasteiger partial charge in [-0.2, -0.15) is 5.10 Å². The van der Waals surface area contributed by atoms with Gasteiger partial charge < -0.3 is 5.11 Å². The number of nitrogens with zero attached hydrogens (tertiary/aromatic N) is 2. The number of carboxylic acid groups (broad SMARTS) is 1. The molecule has 0 bridgehead atoms. The predicted octanol–water partition coefficient (Wildman–Crippen LogP) is 0.170. The van der Waals surface area contributed by atoms with Crippen molar-refractivity contribution in [3.63, 3.8) is 0 Å². The van der Waals surface area contributed by atoms with Crippen LogP contribution in [0.4, 0.5) is 0 Å². The molecule has 0 radical (unpaired) electrons. The van der Waals surface area contributed by atoms with Gasteiger partial charge in [-0.05, 0) is 6.07 Å². The number of rotatable bonds is 2. The predicted molar refractivity (Wildman–Crippen MR) is 52.8 cm³/mol. The Hall–Kier alpha value is -2.57. The molecular formula is C9H8N5O2+. The number of aromatic carboxylic acids is 1. The van der Waals surface area contributed by atoms with E-state index in [-0.39, 0.29) is 5.69 Å². The van der Waals surface area contributed by atoms with E-state index in [1.807, 2.05) is 6.20 Å². The van der Waals surface area contributed by atoms with Crippen molar-refractivity contribution < 1.29 is 14.4 Å². The topological polar surface area (TPSA) is 102 Å². The molecule has 0 amide bonds. The molecular weight excluding hydrogens is 210 g/mol. The van der Waals surface area contributed by atoms with Crippen LogP contribution in [0.3, 0.4) is 0 Å². The van der Waals surface area contributed by atoms with Gasteiger partial charge in [0.25, 0.3) is 0 Å². The van der Waals surface area contributed by atoms with E-state index in [1.165, 1.54) is 6.07 Å². The minimum absolute atomic E-state index is 0.0703. The van der Waals surface area contributed by atoms with Crippen molar-refractivity contribution in [3.05, 3.63) is 30.4 Å². The van der Waals surface area contributed by atoms with E-state index in [4.69, 9.17) is 5.11 Å². The largest absolute Gasteiger partial charge is 0.477 e. The van der Waals surface area contributed by atoms with Gasteiger partial charge in [0.2, 0.25) is 0 Å². The summed E-state index contributed by atoms with van der Waals surface area (Å²) in [5, 5.41) is 18.2. The quantitative estimate of drug-likeness (QED) is 0.461. The molecule has 7 nitrogen and oxygen atoms in total. The van der Waals surface area contributed by atoms with Crippen molar-refractivity contribution in [1.82, 2.24) is 20.3 Å². The van der Waals surface area contributed by atoms with Gasteiger partial charge in [-0.15, -0.1) is 4.52 Å². The van der Waals surface area contributed by atoms with Gasteiger partial charge in [0.05, 0.1) is 6.20 Å². The molecule has 0 saturated carbocycles. The van der Waals surface area contributed by atoms with Crippen molar-refractivity contribution in [2.24, 2.45) is 0 Å². The van der Waals surface area contributed by atoms with Crippen molar-refractivity contribution in [2.45, 2.75) is 0 Å². The zero-order valence-corrected chi connectivity index (χ0v) is 8.06. The Kier molecular flexibility index (Phi) is 1.61. The van der Waals surface area contributed by atoms with Crippen molar-refractivity contribution in [2.75, 3.05) is 0 Å². The number of aromatic amines is 3. The second-order valence-electron chi connectivity index (χ2n) is 3.34. The van der Waals surface area contributed by atoms with Crippen LogP contribution in [0.1, 0.15) is 10.5 Å². The number of hydrogen-bond donors (Lipinski definition) is 4. The van der Waals surface area contributed by atoms with Crippen LogP contribution in [0.5, 0.6) is 0 Å². The highest BCUT2D eigenvalue weighted by atomic mass is 16.4. The molecule has 3 rings (SSSR count). The fourth-order valence-electron chi connectivity index (χ4n) is 1.62. The minimum atomic E-state index is -1.02. The Morgan fingerprint density at radius 1 is 1.50 bits per heavy atom. The third-order valence-electron chi connectivity index (χ3n) is 2.37. The Morgan fingerprint density at radius 3 is 3.12 bits per heavy atom. The molecule has 3 aromatic heterocycles. The number of carbonyl (C=O) groups is 1. The molecule has 0 spiro atoms. The summed E-state index contributed by atoms with van der Waals surface area (Å²) in [7, 11) is 0. The first-order valence-electron chi connectivity index (χ1n) is 4.61. The fourth-order valence-corrected chi connectivity index (χ4v) is 1.62. The van der Waals surface area contributed by atoms with Gasteiger partial charge >= 0.3 is 11.6 Å². The lowest BCUT2D eigenvalue weighted by Crippen LogP contribution is -2.18. The molecule has 0 saturated heterocycles. The molecule has 3 aromatic rings. The molecule has 0 unspecified atom stereocenters. The van der Waals surface area contributed by atoms with Crippen LogP contribution in [0.2, 0.25) is 0 Å². The Balaban J connectivity index is 2.15. The Morgan fingerprint density at radius 2 is 2.38 bits per heavy atom. The van der Waals surface area contributed by atoms with Crippen molar-refractivity contribution in [1.29, 1.82) is 0 Å². The fraction of sp³-hybridized carbons (Fsp3) is 0. The number of fused-ring (bicyclic) bond motifs is 1. The van der Waals surface area contributed by atoms with Gasteiger partial charge in [-0.25, -0.2) is 14.9 Å². The monoisotopic (exact) mass is 218 g/mol. The van der Waals surface area contributed by atoms with E-state index in [0.29, 0.717) is 5.69 Å². The van der Waals surface area contributed by atoms with Crippen LogP contribution < -0.4 is 4.52 Å². The third kappa shape index (κ3) is 1.11. The second-order valence-corrected chi connectivity index (χ2v) is 3.34. The Bertz CT molecular complexity index is 662. The first kappa shape index (κ1) is 8.72. The normalized spacial score (nSPS) is 11.0. The molecule has 3 heterocycles. The first-order chi connectivity index (χ1) is 7.75. The number of H-pyrrole nitrogens is 3. The van der Waals surface area contributed by atoms with Crippen LogP contribution in [0.25, 0.3) is 16.9 Å². The number of carboxylic acids is 1. The molecule has 0 aliphatic carbocycles. The molecule has 0 fully saturated rings. The van der Waals surface area contributed by atoms with Gasteiger partial charge in [0, 0.05) is 0 Å². The number of hydrogen-bond acceptors (Lipinski definition) is 2. The smallest absolute Gasteiger partial charge is 0.353 e. The highest BCUT2D eigenvalue weighted by Gasteiger charge is 2.17. The van der Waals surface area contributed by atoms with Crippen molar-refractivity contribution in [3.8, 4) is 11.3 Å². The highest BCUT2D eigenvalue weighted by Crippen LogP contribution is 2.19. The molecule has 4 N–H and O–H groups in total. The highest BCUT2D eigenvalue weighted by molar-refractivity contribution is 5.87. The second kappa shape index (κ2) is 2.96. The maximum absolute atomic E-state index is 10.7. The van der Waals surface area contributed by atoms with E-state index in [9.17, 15) is 4.79 Å². The average molecular weight is 218 g/mol. The summed E-state index contributed by atoms with van der Waals surface area (Å²) in [4.78, 5) is 13.7. The zero-order valence-electron chi connectivity index (χ0n) is 8.06. The summed E-state index contributed by atoms with van der Waals surface area (Å²) in [5.41, 5.74) is 2.30. The average Bonchev–Trinajstić information content (AvgIpc) is 2.92. The SMILES string of the molecule is O=C(O)c1cc(-c2c[nH][n+]3cc[nH]c23)n[nH]1. The third-order valence-corrected chi connectivity index (χ3v) is 2.37. The maximum atomic E-state index is 10.7. The van der Waals surface area contributed by atoms with Gasteiger partial charge in [-0.1, -0.05) is 0 Å². The molecule has 7 heteroatoms. The lowest BCUT2D eigenvalue weighted by Gasteiger charge is -1.83. The minimum Gasteiger partial charge on any atom is -0.477 e. The molecule has 0 aliphatic rings. The van der Waals surface area contributed by atoms with Gasteiger partial charge in [0.15, 0.2) is 6.20 Å². The summed E-state index contributed by atoms with van der Waals surface area (Å²) in [6, 6.07) is 1.49. The zero-order chi connectivity index (χ0) is 11.1. The van der Waals surface area contributed by atoms with E-state index < -0.39 is 5.97 Å². The Labute approximate surface area is 88.7 Å². The van der Waals surface area contributed by atoms with Crippen LogP contribution in [-0.4, -0.2) is 31.4 Å². The lowest BCUT2D eigenvalue weighted by atomic mass is 10.2. The first-order valence-corrected chi connectivity index (χ1v) is 4.61. The van der Waals surface area contributed by atoms with Crippen LogP contribution in [0, 0.1) is 0 Å². The molecule has 0 aromatic carbocycles. The van der Waals surface area contributed by atoms with Gasteiger partial charge in [-0.3, -0.25) is 5.10 Å². The van der Waals surface area contributed by atoms with Crippen LogP contribution in [0.15, 0.2) is 24.7 Å². The number of nitrogens with one attached hydrogen (secondary N) is 3. The van der Waals surface area contributed by atoms with E-state index in [1.54, 1.807) is 16.9 Å². The molecule has 16 heavy (non-hydrogen) atoms. The van der Waals surface area contributed by atoms with Crippen LogP contribution >= 0.6 is 0 Å². The summed E-state index contributed by atoms with van der Waals surface area (Å²) < 4.78 is 1.78. The van der Waals surface area contributed by atoms with Crippen molar-refractivity contribution >= 4 is 11.6 Å². The summed E-state index contributed by atoms with van der Waals surface area (Å²) in [5.74, 6) is -1.02. The van der Waals surface area contributed by atoms with Gasteiger partial charge in [0.1, 0.15) is 23.1 Å².